The van der Waals surface area contributed by atoms with Gasteiger partial charge in [0.25, 0.3) is 5.91 Å². The lowest BCUT2D eigenvalue weighted by Crippen LogP contribution is -2.16. The van der Waals surface area contributed by atoms with Crippen molar-refractivity contribution >= 4 is 27.7 Å². The molecule has 1 aliphatic rings. The average molecular weight is 449 g/mol. The topological polar surface area (TPSA) is 77.6 Å². The van der Waals surface area contributed by atoms with Gasteiger partial charge >= 0.3 is 0 Å². The fourth-order valence-electron chi connectivity index (χ4n) is 3.24. The number of carbonyl (C=O) groups is 1. The number of rotatable bonds is 5. The maximum absolute atomic E-state index is 12.9. The predicted octanol–water partition coefficient (Wildman–Crippen LogP) is 4.35. The minimum atomic E-state index is -0.298. The molecule has 1 N–H and O–H groups in total. The Morgan fingerprint density at radius 2 is 1.76 bits per heavy atom. The molecule has 0 bridgehead atoms. The van der Waals surface area contributed by atoms with Gasteiger partial charge in [0.05, 0.1) is 17.1 Å². The Morgan fingerprint density at radius 3 is 2.48 bits per heavy atom. The van der Waals surface area contributed by atoms with Crippen LogP contribution in [0.1, 0.15) is 34.9 Å². The molecule has 2 aromatic carbocycles. The Kier molecular flexibility index (Phi) is 4.48. The number of hydrogen-bond donors (Lipinski definition) is 1. The summed E-state index contributed by atoms with van der Waals surface area (Å²) in [6, 6.07) is 19.3. The van der Waals surface area contributed by atoms with E-state index in [-0.39, 0.29) is 5.91 Å². The lowest BCUT2D eigenvalue weighted by molar-refractivity contribution is 0.102. The van der Waals surface area contributed by atoms with Crippen LogP contribution in [0.15, 0.2) is 71.3 Å². The summed E-state index contributed by atoms with van der Waals surface area (Å²) in [6.45, 7) is 0. The van der Waals surface area contributed by atoms with E-state index in [1.165, 1.54) is 0 Å². The van der Waals surface area contributed by atoms with Crippen LogP contribution < -0.4 is 5.32 Å². The van der Waals surface area contributed by atoms with E-state index in [2.05, 4.69) is 36.7 Å². The Morgan fingerprint density at radius 1 is 1.00 bits per heavy atom. The van der Waals surface area contributed by atoms with Gasteiger partial charge in [-0.3, -0.25) is 4.79 Å². The van der Waals surface area contributed by atoms with Crippen LogP contribution in [0.4, 0.5) is 5.82 Å². The maximum atomic E-state index is 12.9. The number of carbonyl (C=O) groups excluding carboxylic acids is 1. The van der Waals surface area contributed by atoms with Crippen molar-refractivity contribution < 1.29 is 4.79 Å². The molecule has 2 aromatic heterocycles. The number of benzene rings is 2. The second-order valence-electron chi connectivity index (χ2n) is 6.92. The van der Waals surface area contributed by atoms with Crippen molar-refractivity contribution in [2.45, 2.75) is 18.8 Å². The average Bonchev–Trinajstić information content (AvgIpc) is 3.31. The molecule has 8 heteroatoms. The molecule has 2 heterocycles. The van der Waals surface area contributed by atoms with Crippen molar-refractivity contribution in [3.63, 3.8) is 0 Å². The van der Waals surface area contributed by atoms with E-state index in [9.17, 15) is 4.79 Å². The molecular formula is C21H17BrN6O. The zero-order chi connectivity index (χ0) is 19.8. The van der Waals surface area contributed by atoms with Crippen LogP contribution in [0.5, 0.6) is 0 Å². The molecule has 7 nitrogen and oxygen atoms in total. The summed E-state index contributed by atoms with van der Waals surface area (Å²) in [6.07, 6.45) is 3.88. The highest BCUT2D eigenvalue weighted by Gasteiger charge is 2.34. The molecule has 144 valence electrons. The maximum Gasteiger partial charge on any atom is 0.279 e. The lowest BCUT2D eigenvalue weighted by Gasteiger charge is -2.07. The molecule has 0 atom stereocenters. The Hall–Kier alpha value is -3.26. The smallest absolute Gasteiger partial charge is 0.279 e. The zero-order valence-corrected chi connectivity index (χ0v) is 17.0. The van der Waals surface area contributed by atoms with Crippen molar-refractivity contribution in [3.8, 4) is 11.4 Å². The van der Waals surface area contributed by atoms with E-state index in [4.69, 9.17) is 0 Å². The molecular weight excluding hydrogens is 432 g/mol. The van der Waals surface area contributed by atoms with Gasteiger partial charge in [0.1, 0.15) is 0 Å². The van der Waals surface area contributed by atoms with E-state index in [1.807, 2.05) is 60.8 Å². The van der Waals surface area contributed by atoms with Gasteiger partial charge in [0.2, 0.25) is 0 Å². The Balaban J connectivity index is 1.42. The number of amides is 1. The summed E-state index contributed by atoms with van der Waals surface area (Å²) in [5.74, 6) is 0.476. The third-order valence-electron chi connectivity index (χ3n) is 4.81. The second-order valence-corrected chi connectivity index (χ2v) is 7.84. The molecule has 4 aromatic rings. The molecule has 1 aliphatic carbocycles. The summed E-state index contributed by atoms with van der Waals surface area (Å²) in [5, 5.41) is 15.7. The molecule has 5 rings (SSSR count). The van der Waals surface area contributed by atoms with Crippen molar-refractivity contribution in [1.29, 1.82) is 0 Å². The summed E-state index contributed by atoms with van der Waals surface area (Å²) >= 11 is 3.44. The highest BCUT2D eigenvalue weighted by Crippen LogP contribution is 2.42. The standard InChI is InChI=1S/C21H17BrN6O/c22-15-8-10-17(11-9-15)28-20(14-6-7-14)19(24-26-28)21(29)23-18-12-13-27(25-18)16-4-2-1-3-5-16/h1-5,8-14H,6-7H2,(H,23,25,29). The Bertz CT molecular complexity index is 1160. The van der Waals surface area contributed by atoms with Gasteiger partial charge in [0, 0.05) is 22.7 Å². The van der Waals surface area contributed by atoms with Gasteiger partial charge in [-0.2, -0.15) is 5.10 Å². The largest absolute Gasteiger partial charge is 0.304 e. The molecule has 29 heavy (non-hydrogen) atoms. The van der Waals surface area contributed by atoms with E-state index in [1.54, 1.807) is 15.4 Å². The highest BCUT2D eigenvalue weighted by atomic mass is 79.9. The first-order valence-electron chi connectivity index (χ1n) is 9.33. The van der Waals surface area contributed by atoms with Crippen LogP contribution >= 0.6 is 15.9 Å². The third kappa shape index (κ3) is 3.58. The molecule has 1 fully saturated rings. The van der Waals surface area contributed by atoms with Crippen molar-refractivity contribution in [3.05, 3.63) is 82.7 Å². The predicted molar refractivity (Wildman–Crippen MR) is 113 cm³/mol. The summed E-state index contributed by atoms with van der Waals surface area (Å²) in [5.41, 5.74) is 3.01. The number of halogens is 1. The molecule has 0 aliphatic heterocycles. The van der Waals surface area contributed by atoms with E-state index in [0.717, 1.165) is 34.4 Å². The van der Waals surface area contributed by atoms with Crippen LogP contribution in [-0.4, -0.2) is 30.7 Å². The fraction of sp³-hybridized carbons (Fsp3) is 0.143. The molecule has 0 spiro atoms. The van der Waals surface area contributed by atoms with E-state index in [0.29, 0.717) is 17.4 Å². The van der Waals surface area contributed by atoms with Crippen LogP contribution in [0.3, 0.4) is 0 Å². The lowest BCUT2D eigenvalue weighted by atomic mass is 10.2. The van der Waals surface area contributed by atoms with Crippen LogP contribution in [0, 0.1) is 0 Å². The second kappa shape index (κ2) is 7.29. The van der Waals surface area contributed by atoms with Crippen molar-refractivity contribution in [1.82, 2.24) is 24.8 Å². The third-order valence-corrected chi connectivity index (χ3v) is 5.34. The highest BCUT2D eigenvalue weighted by molar-refractivity contribution is 9.10. The Labute approximate surface area is 175 Å². The molecule has 0 saturated heterocycles. The van der Waals surface area contributed by atoms with Gasteiger partial charge in [-0.25, -0.2) is 9.36 Å². The number of hydrogen-bond acceptors (Lipinski definition) is 4. The molecule has 0 radical (unpaired) electrons. The number of nitrogens with one attached hydrogen (secondary N) is 1. The van der Waals surface area contributed by atoms with Gasteiger partial charge in [-0.05, 0) is 49.2 Å². The summed E-state index contributed by atoms with van der Waals surface area (Å²) in [4.78, 5) is 12.9. The van der Waals surface area contributed by atoms with Crippen molar-refractivity contribution in [2.24, 2.45) is 0 Å². The minimum absolute atomic E-state index is 0.298. The van der Waals surface area contributed by atoms with Gasteiger partial charge < -0.3 is 5.32 Å². The molecule has 1 saturated carbocycles. The minimum Gasteiger partial charge on any atom is -0.304 e. The molecule has 0 unspecified atom stereocenters. The van der Waals surface area contributed by atoms with Gasteiger partial charge in [-0.1, -0.05) is 39.3 Å². The van der Waals surface area contributed by atoms with Crippen LogP contribution in [-0.2, 0) is 0 Å². The van der Waals surface area contributed by atoms with Crippen LogP contribution in [0.2, 0.25) is 0 Å². The first-order chi connectivity index (χ1) is 14.2. The van der Waals surface area contributed by atoms with Crippen molar-refractivity contribution in [2.75, 3.05) is 5.32 Å². The number of nitrogens with zero attached hydrogens (tertiary/aromatic N) is 5. The summed E-state index contributed by atoms with van der Waals surface area (Å²) in [7, 11) is 0. The van der Waals surface area contributed by atoms with E-state index < -0.39 is 0 Å². The number of anilines is 1. The van der Waals surface area contributed by atoms with Gasteiger partial charge in [-0.15, -0.1) is 5.10 Å². The fourth-order valence-corrected chi connectivity index (χ4v) is 3.50. The summed E-state index contributed by atoms with van der Waals surface area (Å²) < 4.78 is 4.47. The first-order valence-corrected chi connectivity index (χ1v) is 10.1. The zero-order valence-electron chi connectivity index (χ0n) is 15.4. The normalized spacial score (nSPS) is 13.4. The van der Waals surface area contributed by atoms with Gasteiger partial charge in [0.15, 0.2) is 11.5 Å². The number of para-hydroxylation sites is 1. The molecule has 1 amide bonds. The number of aromatic nitrogens is 5. The monoisotopic (exact) mass is 448 g/mol. The van der Waals surface area contributed by atoms with Crippen LogP contribution in [0.25, 0.3) is 11.4 Å². The quantitative estimate of drug-likeness (QED) is 0.492. The first kappa shape index (κ1) is 17.8. The van der Waals surface area contributed by atoms with E-state index >= 15 is 0 Å². The SMILES string of the molecule is O=C(Nc1ccn(-c2ccccc2)n1)c1nnn(-c2ccc(Br)cc2)c1C1CC1.